The Balaban J connectivity index is 1.60. The molecule has 4 rings (SSSR count). The van der Waals surface area contributed by atoms with Gasteiger partial charge in [-0.3, -0.25) is 4.79 Å². The molecular formula is C18H18F5N7O2. The van der Waals surface area contributed by atoms with Crippen LogP contribution in [0.4, 0.5) is 33.5 Å². The molecule has 1 fully saturated rings. The SMILES string of the molecule is O=C(Nc1cn(C(F)F)nc1C(F)(F)F)c1cnn2ccc(N[C@@H]3CCCC[C@@H]3O)nc12. The first-order valence-electron chi connectivity index (χ1n) is 9.68. The molecule has 0 aliphatic heterocycles. The lowest BCUT2D eigenvalue weighted by molar-refractivity contribution is -0.141. The zero-order valence-electron chi connectivity index (χ0n) is 16.4. The van der Waals surface area contributed by atoms with Gasteiger partial charge in [0.25, 0.3) is 5.91 Å². The zero-order valence-corrected chi connectivity index (χ0v) is 16.4. The van der Waals surface area contributed by atoms with Crippen LogP contribution in [0.2, 0.25) is 0 Å². The summed E-state index contributed by atoms with van der Waals surface area (Å²) in [6, 6.07) is 1.35. The van der Waals surface area contributed by atoms with E-state index < -0.39 is 36.1 Å². The van der Waals surface area contributed by atoms with Crippen LogP contribution >= 0.6 is 0 Å². The fraction of sp³-hybridized carbons (Fsp3) is 0.444. The Morgan fingerprint density at radius 1 is 1.25 bits per heavy atom. The zero-order chi connectivity index (χ0) is 23.0. The van der Waals surface area contributed by atoms with Crippen molar-refractivity contribution in [2.45, 2.75) is 50.6 Å². The molecule has 2 atom stereocenters. The first-order valence-corrected chi connectivity index (χ1v) is 9.68. The van der Waals surface area contributed by atoms with Crippen LogP contribution in [0, 0.1) is 0 Å². The number of hydrogen-bond acceptors (Lipinski definition) is 6. The van der Waals surface area contributed by atoms with Gasteiger partial charge in [0.2, 0.25) is 0 Å². The van der Waals surface area contributed by atoms with Crippen LogP contribution in [0.15, 0.2) is 24.7 Å². The summed E-state index contributed by atoms with van der Waals surface area (Å²) >= 11 is 0. The molecule has 0 unspecified atom stereocenters. The van der Waals surface area contributed by atoms with Crippen molar-refractivity contribution in [3.63, 3.8) is 0 Å². The van der Waals surface area contributed by atoms with Crippen molar-refractivity contribution in [1.82, 2.24) is 24.4 Å². The number of nitrogens with zero attached hydrogens (tertiary/aromatic N) is 5. The van der Waals surface area contributed by atoms with E-state index in [-0.39, 0.29) is 21.9 Å². The van der Waals surface area contributed by atoms with E-state index in [1.165, 1.54) is 10.7 Å². The number of amides is 1. The number of aliphatic hydroxyl groups is 1. The number of rotatable bonds is 5. The third-order valence-corrected chi connectivity index (χ3v) is 5.13. The molecule has 3 N–H and O–H groups in total. The molecule has 14 heteroatoms. The summed E-state index contributed by atoms with van der Waals surface area (Å²) in [5.74, 6) is -0.679. The summed E-state index contributed by atoms with van der Waals surface area (Å²) < 4.78 is 66.1. The summed E-state index contributed by atoms with van der Waals surface area (Å²) in [7, 11) is 0. The lowest BCUT2D eigenvalue weighted by Crippen LogP contribution is -2.36. The quantitative estimate of drug-likeness (QED) is 0.505. The summed E-state index contributed by atoms with van der Waals surface area (Å²) in [6.45, 7) is -3.32. The number of anilines is 2. The molecule has 3 heterocycles. The van der Waals surface area contributed by atoms with Crippen LogP contribution < -0.4 is 10.6 Å². The van der Waals surface area contributed by atoms with Crippen molar-refractivity contribution < 1.29 is 31.9 Å². The third-order valence-electron chi connectivity index (χ3n) is 5.13. The molecule has 0 aromatic carbocycles. The second-order valence-electron chi connectivity index (χ2n) is 7.34. The number of nitrogens with one attached hydrogen (secondary N) is 2. The number of carbonyl (C=O) groups excluding carboxylic acids is 1. The van der Waals surface area contributed by atoms with Crippen LogP contribution in [-0.2, 0) is 6.18 Å². The molecule has 3 aromatic rings. The largest absolute Gasteiger partial charge is 0.437 e. The topological polar surface area (TPSA) is 109 Å². The van der Waals surface area contributed by atoms with Crippen molar-refractivity contribution in [2.24, 2.45) is 0 Å². The normalized spacial score (nSPS) is 19.5. The van der Waals surface area contributed by atoms with Crippen LogP contribution in [0.1, 0.15) is 48.3 Å². The minimum Gasteiger partial charge on any atom is -0.391 e. The van der Waals surface area contributed by atoms with E-state index in [9.17, 15) is 31.9 Å². The van der Waals surface area contributed by atoms with Gasteiger partial charge < -0.3 is 15.7 Å². The average Bonchev–Trinajstić information content (AvgIpc) is 3.34. The van der Waals surface area contributed by atoms with Crippen molar-refractivity contribution in [3.8, 4) is 0 Å². The molecular weight excluding hydrogens is 441 g/mol. The van der Waals surface area contributed by atoms with E-state index in [1.54, 1.807) is 6.07 Å². The molecule has 1 saturated carbocycles. The number of halogens is 5. The molecule has 3 aromatic heterocycles. The minimum absolute atomic E-state index is 0.0348. The van der Waals surface area contributed by atoms with Crippen molar-refractivity contribution in [1.29, 1.82) is 0 Å². The van der Waals surface area contributed by atoms with Gasteiger partial charge in [-0.05, 0) is 18.9 Å². The summed E-state index contributed by atoms with van der Waals surface area (Å²) in [4.78, 5) is 16.9. The molecule has 1 amide bonds. The van der Waals surface area contributed by atoms with Gasteiger partial charge in [0.05, 0.1) is 30.2 Å². The van der Waals surface area contributed by atoms with Crippen LogP contribution in [-0.4, -0.2) is 47.5 Å². The maximum Gasteiger partial charge on any atom is 0.437 e. The number of aromatic nitrogens is 5. The summed E-state index contributed by atoms with van der Waals surface area (Å²) in [5.41, 5.74) is -2.70. The molecule has 0 radical (unpaired) electrons. The predicted octanol–water partition coefficient (Wildman–Crippen LogP) is 3.31. The highest BCUT2D eigenvalue weighted by Crippen LogP contribution is 2.35. The van der Waals surface area contributed by atoms with E-state index in [4.69, 9.17) is 0 Å². The summed E-state index contributed by atoms with van der Waals surface area (Å²) in [6.07, 6.45) is 0.618. The van der Waals surface area contributed by atoms with Gasteiger partial charge in [0.15, 0.2) is 11.3 Å². The number of carbonyl (C=O) groups is 1. The van der Waals surface area contributed by atoms with Gasteiger partial charge >= 0.3 is 12.7 Å². The monoisotopic (exact) mass is 459 g/mol. The Bertz CT molecular complexity index is 1130. The van der Waals surface area contributed by atoms with Gasteiger partial charge in [0.1, 0.15) is 11.4 Å². The number of aliphatic hydroxyl groups excluding tert-OH is 1. The Morgan fingerprint density at radius 2 is 2.00 bits per heavy atom. The highest BCUT2D eigenvalue weighted by atomic mass is 19.4. The van der Waals surface area contributed by atoms with Crippen molar-refractivity contribution in [2.75, 3.05) is 10.6 Å². The van der Waals surface area contributed by atoms with Crippen LogP contribution in [0.25, 0.3) is 5.65 Å². The van der Waals surface area contributed by atoms with Crippen molar-refractivity contribution >= 4 is 23.1 Å². The molecule has 9 nitrogen and oxygen atoms in total. The minimum atomic E-state index is -5.06. The molecule has 0 bridgehead atoms. The molecule has 0 saturated heterocycles. The van der Waals surface area contributed by atoms with E-state index >= 15 is 0 Å². The fourth-order valence-electron chi connectivity index (χ4n) is 3.56. The van der Waals surface area contributed by atoms with Gasteiger partial charge in [-0.25, -0.2) is 14.2 Å². The molecule has 172 valence electrons. The first-order chi connectivity index (χ1) is 15.1. The maximum absolute atomic E-state index is 13.1. The van der Waals surface area contributed by atoms with E-state index in [2.05, 4.69) is 20.5 Å². The van der Waals surface area contributed by atoms with Crippen LogP contribution in [0.3, 0.4) is 0 Å². The van der Waals surface area contributed by atoms with Gasteiger partial charge in [-0.2, -0.15) is 32.1 Å². The average molecular weight is 459 g/mol. The second kappa shape index (κ2) is 8.33. The standard InChI is InChI=1S/C18H18F5N7O2/c19-17(20)30-8-11(14(28-30)18(21,22)23)26-16(32)9-7-24-29-6-5-13(27-15(9)29)25-10-3-1-2-4-12(10)31/h5-8,10,12,17,31H,1-4H2,(H,25,27)(H,26,32)/t10-,12+/m1/s1. The lowest BCUT2D eigenvalue weighted by Gasteiger charge is -2.28. The van der Waals surface area contributed by atoms with Gasteiger partial charge in [-0.15, -0.1) is 0 Å². The summed E-state index contributed by atoms with van der Waals surface area (Å²) in [5, 5.41) is 21.9. The highest BCUT2D eigenvalue weighted by molar-refractivity contribution is 6.08. The van der Waals surface area contributed by atoms with Crippen molar-refractivity contribution in [3.05, 3.63) is 35.9 Å². The molecule has 1 aliphatic carbocycles. The molecule has 32 heavy (non-hydrogen) atoms. The predicted molar refractivity (Wildman–Crippen MR) is 101 cm³/mol. The second-order valence-corrected chi connectivity index (χ2v) is 7.34. The fourth-order valence-corrected chi connectivity index (χ4v) is 3.56. The van der Waals surface area contributed by atoms with Crippen LogP contribution in [0.5, 0.6) is 0 Å². The van der Waals surface area contributed by atoms with E-state index in [1.807, 2.05) is 5.32 Å². The van der Waals surface area contributed by atoms with E-state index in [0.717, 1.165) is 25.5 Å². The smallest absolute Gasteiger partial charge is 0.391 e. The first kappa shape index (κ1) is 21.9. The Labute approximate surface area is 177 Å². The molecule has 1 aliphatic rings. The maximum atomic E-state index is 13.1. The number of hydrogen-bond donors (Lipinski definition) is 3. The Hall–Kier alpha value is -3.29. The number of fused-ring (bicyclic) bond motifs is 1. The van der Waals surface area contributed by atoms with E-state index in [0.29, 0.717) is 18.4 Å². The Morgan fingerprint density at radius 3 is 2.69 bits per heavy atom. The lowest BCUT2D eigenvalue weighted by atomic mass is 9.93. The molecule has 0 spiro atoms. The third kappa shape index (κ3) is 4.35. The number of alkyl halides is 5. The van der Waals surface area contributed by atoms with Gasteiger partial charge in [0, 0.05) is 6.20 Å². The Kier molecular flexibility index (Phi) is 5.71. The highest BCUT2D eigenvalue weighted by Gasteiger charge is 2.39. The van der Waals surface area contributed by atoms with Gasteiger partial charge in [-0.1, -0.05) is 12.8 Å².